The number of carbonyl (C=O) groups excluding carboxylic acids is 1. The summed E-state index contributed by atoms with van der Waals surface area (Å²) in [5, 5.41) is 0. The minimum Gasteiger partial charge on any atom is -0.490 e. The number of nitrogens with two attached hydrogens (primary N) is 1. The highest BCUT2D eigenvalue weighted by atomic mass is 35.5. The maximum Gasteiger partial charge on any atom is 0.253 e. The second kappa shape index (κ2) is 7.16. The lowest BCUT2D eigenvalue weighted by Crippen LogP contribution is -2.33. The van der Waals surface area contributed by atoms with Crippen molar-refractivity contribution in [3.8, 4) is 5.75 Å². The van der Waals surface area contributed by atoms with Gasteiger partial charge < -0.3 is 15.4 Å². The summed E-state index contributed by atoms with van der Waals surface area (Å²) in [6.45, 7) is 5.74. The summed E-state index contributed by atoms with van der Waals surface area (Å²) >= 11 is 0. The third-order valence-corrected chi connectivity index (χ3v) is 4.67. The Morgan fingerprint density at radius 2 is 2.05 bits per heavy atom. The molecule has 2 fully saturated rings. The fourth-order valence-electron chi connectivity index (χ4n) is 3.50. The van der Waals surface area contributed by atoms with Crippen LogP contribution in [0.25, 0.3) is 0 Å². The molecule has 3 unspecified atom stereocenters. The Balaban J connectivity index is 0.00000176. The molecule has 1 aliphatic carbocycles. The SMILES string of the molecule is C=CCOc1ccc(C(=O)N2CC3CCC(N)C3C2)cc1.Cl. The van der Waals surface area contributed by atoms with Crippen LogP contribution in [-0.4, -0.2) is 36.5 Å². The maximum absolute atomic E-state index is 12.5. The summed E-state index contributed by atoms with van der Waals surface area (Å²) in [5.74, 6) is 1.95. The Kier molecular flexibility index (Phi) is 5.48. The summed E-state index contributed by atoms with van der Waals surface area (Å²) in [7, 11) is 0. The van der Waals surface area contributed by atoms with Crippen molar-refractivity contribution in [1.82, 2.24) is 4.90 Å². The molecule has 2 aliphatic rings. The minimum absolute atomic E-state index is 0. The molecule has 2 N–H and O–H groups in total. The largest absolute Gasteiger partial charge is 0.490 e. The molecule has 1 aromatic carbocycles. The molecule has 1 aromatic rings. The van der Waals surface area contributed by atoms with Gasteiger partial charge in [-0.05, 0) is 48.9 Å². The number of amides is 1. The van der Waals surface area contributed by atoms with Gasteiger partial charge in [0.1, 0.15) is 12.4 Å². The van der Waals surface area contributed by atoms with E-state index in [1.165, 1.54) is 0 Å². The number of nitrogens with zero attached hydrogens (tertiary/aromatic N) is 1. The van der Waals surface area contributed by atoms with Crippen molar-refractivity contribution < 1.29 is 9.53 Å². The fourth-order valence-corrected chi connectivity index (χ4v) is 3.50. The Bertz CT molecular complexity index is 532. The monoisotopic (exact) mass is 322 g/mol. The zero-order valence-electron chi connectivity index (χ0n) is 12.6. The molecule has 1 heterocycles. The first-order chi connectivity index (χ1) is 10.2. The van der Waals surface area contributed by atoms with Crippen LogP contribution in [0.3, 0.4) is 0 Å². The topological polar surface area (TPSA) is 55.6 Å². The standard InChI is InChI=1S/C17H22N2O2.ClH/c1-2-9-21-14-6-3-12(4-7-14)17(20)19-10-13-5-8-16(18)15(13)11-19;/h2-4,6-7,13,15-16H,1,5,8-11,18H2;1H. The van der Waals surface area contributed by atoms with Gasteiger partial charge in [-0.25, -0.2) is 0 Å². The van der Waals surface area contributed by atoms with Gasteiger partial charge in [0.25, 0.3) is 5.91 Å². The van der Waals surface area contributed by atoms with Crippen LogP contribution in [-0.2, 0) is 0 Å². The lowest BCUT2D eigenvalue weighted by atomic mass is 9.98. The van der Waals surface area contributed by atoms with Crippen LogP contribution in [0.1, 0.15) is 23.2 Å². The Labute approximate surface area is 137 Å². The van der Waals surface area contributed by atoms with Crippen LogP contribution in [0, 0.1) is 11.8 Å². The average molecular weight is 323 g/mol. The Morgan fingerprint density at radius 3 is 2.68 bits per heavy atom. The van der Waals surface area contributed by atoms with E-state index in [2.05, 4.69) is 6.58 Å². The molecule has 3 rings (SSSR count). The second-order valence-corrected chi connectivity index (χ2v) is 6.00. The van der Waals surface area contributed by atoms with Crippen molar-refractivity contribution >= 4 is 18.3 Å². The highest BCUT2D eigenvalue weighted by Gasteiger charge is 2.42. The number of halogens is 1. The molecule has 0 radical (unpaired) electrons. The molecule has 3 atom stereocenters. The quantitative estimate of drug-likeness (QED) is 0.866. The summed E-state index contributed by atoms with van der Waals surface area (Å²) < 4.78 is 5.43. The van der Waals surface area contributed by atoms with Crippen molar-refractivity contribution in [2.75, 3.05) is 19.7 Å². The first-order valence-electron chi connectivity index (χ1n) is 7.57. The summed E-state index contributed by atoms with van der Waals surface area (Å²) in [6.07, 6.45) is 3.96. The second-order valence-electron chi connectivity index (χ2n) is 6.00. The zero-order chi connectivity index (χ0) is 14.8. The van der Waals surface area contributed by atoms with Gasteiger partial charge in [-0.1, -0.05) is 12.7 Å². The molecule has 0 spiro atoms. The molecule has 22 heavy (non-hydrogen) atoms. The highest BCUT2D eigenvalue weighted by Crippen LogP contribution is 2.37. The number of fused-ring (bicyclic) bond motifs is 1. The van der Waals surface area contributed by atoms with E-state index in [9.17, 15) is 4.79 Å². The fraction of sp³-hybridized carbons (Fsp3) is 0.471. The van der Waals surface area contributed by atoms with Crippen LogP contribution in [0.4, 0.5) is 0 Å². The molecule has 5 heteroatoms. The normalized spacial score (nSPS) is 26.2. The number of hydrogen-bond acceptors (Lipinski definition) is 3. The van der Waals surface area contributed by atoms with E-state index in [1.807, 2.05) is 29.2 Å². The van der Waals surface area contributed by atoms with Crippen LogP contribution < -0.4 is 10.5 Å². The predicted octanol–water partition coefficient (Wildman–Crippen LogP) is 2.48. The number of carbonyl (C=O) groups is 1. The molecule has 1 amide bonds. The lowest BCUT2D eigenvalue weighted by Gasteiger charge is -2.19. The van der Waals surface area contributed by atoms with E-state index in [0.29, 0.717) is 18.4 Å². The number of likely N-dealkylation sites (tertiary alicyclic amines) is 1. The average Bonchev–Trinajstić information content (AvgIpc) is 3.07. The third-order valence-electron chi connectivity index (χ3n) is 4.67. The van der Waals surface area contributed by atoms with Crippen LogP contribution in [0.5, 0.6) is 5.75 Å². The van der Waals surface area contributed by atoms with E-state index in [4.69, 9.17) is 10.5 Å². The van der Waals surface area contributed by atoms with Crippen molar-refractivity contribution in [3.05, 3.63) is 42.5 Å². The van der Waals surface area contributed by atoms with E-state index < -0.39 is 0 Å². The van der Waals surface area contributed by atoms with E-state index >= 15 is 0 Å². The summed E-state index contributed by atoms with van der Waals surface area (Å²) in [5.41, 5.74) is 6.84. The highest BCUT2D eigenvalue weighted by molar-refractivity contribution is 5.94. The van der Waals surface area contributed by atoms with Gasteiger partial charge in [-0.2, -0.15) is 0 Å². The molecular formula is C17H23ClN2O2. The summed E-state index contributed by atoms with van der Waals surface area (Å²) in [6, 6.07) is 7.59. The van der Waals surface area contributed by atoms with Gasteiger partial charge in [-0.3, -0.25) is 4.79 Å². The first kappa shape index (κ1) is 16.8. The first-order valence-corrected chi connectivity index (χ1v) is 7.57. The van der Waals surface area contributed by atoms with Crippen molar-refractivity contribution in [3.63, 3.8) is 0 Å². The van der Waals surface area contributed by atoms with E-state index in [-0.39, 0.29) is 24.4 Å². The molecule has 1 aliphatic heterocycles. The molecule has 4 nitrogen and oxygen atoms in total. The van der Waals surface area contributed by atoms with Crippen LogP contribution in [0.15, 0.2) is 36.9 Å². The number of hydrogen-bond donors (Lipinski definition) is 1. The van der Waals surface area contributed by atoms with Crippen LogP contribution in [0.2, 0.25) is 0 Å². The molecule has 1 saturated carbocycles. The molecular weight excluding hydrogens is 300 g/mol. The number of benzene rings is 1. The van der Waals surface area contributed by atoms with Gasteiger partial charge in [0.2, 0.25) is 0 Å². The van der Waals surface area contributed by atoms with Crippen LogP contribution >= 0.6 is 12.4 Å². The lowest BCUT2D eigenvalue weighted by molar-refractivity contribution is 0.0779. The van der Waals surface area contributed by atoms with E-state index in [1.54, 1.807) is 6.08 Å². The Hall–Kier alpha value is -1.52. The van der Waals surface area contributed by atoms with Gasteiger partial charge in [0, 0.05) is 24.7 Å². The zero-order valence-corrected chi connectivity index (χ0v) is 13.4. The number of ether oxygens (including phenoxy) is 1. The predicted molar refractivity (Wildman–Crippen MR) is 89.5 cm³/mol. The van der Waals surface area contributed by atoms with Crippen molar-refractivity contribution in [2.45, 2.75) is 18.9 Å². The summed E-state index contributed by atoms with van der Waals surface area (Å²) in [4.78, 5) is 14.5. The van der Waals surface area contributed by atoms with Gasteiger partial charge in [-0.15, -0.1) is 12.4 Å². The minimum atomic E-state index is 0. The van der Waals surface area contributed by atoms with Gasteiger partial charge >= 0.3 is 0 Å². The third kappa shape index (κ3) is 3.28. The maximum atomic E-state index is 12.5. The smallest absolute Gasteiger partial charge is 0.253 e. The van der Waals surface area contributed by atoms with Gasteiger partial charge in [0.05, 0.1) is 0 Å². The number of rotatable bonds is 4. The van der Waals surface area contributed by atoms with Gasteiger partial charge in [0.15, 0.2) is 0 Å². The van der Waals surface area contributed by atoms with E-state index in [0.717, 1.165) is 37.2 Å². The molecule has 1 saturated heterocycles. The van der Waals surface area contributed by atoms with Crippen molar-refractivity contribution in [2.24, 2.45) is 17.6 Å². The Morgan fingerprint density at radius 1 is 1.32 bits per heavy atom. The van der Waals surface area contributed by atoms with Crippen molar-refractivity contribution in [1.29, 1.82) is 0 Å². The molecule has 120 valence electrons. The molecule has 0 bridgehead atoms. The molecule has 0 aromatic heterocycles.